The molecule has 1 aliphatic heterocycles. The van der Waals surface area contributed by atoms with Gasteiger partial charge in [0, 0.05) is 30.5 Å². The van der Waals surface area contributed by atoms with Crippen molar-refractivity contribution in [2.75, 3.05) is 13.1 Å². The highest BCUT2D eigenvalue weighted by Gasteiger charge is 2.30. The molecule has 4 heteroatoms. The molecular formula is C29H32FN3. The van der Waals surface area contributed by atoms with Crippen LogP contribution in [0.15, 0.2) is 67.4 Å². The highest BCUT2D eigenvalue weighted by atomic mass is 19.1. The van der Waals surface area contributed by atoms with Gasteiger partial charge in [0.15, 0.2) is 0 Å². The van der Waals surface area contributed by atoms with Crippen molar-refractivity contribution in [3.63, 3.8) is 0 Å². The van der Waals surface area contributed by atoms with E-state index in [4.69, 9.17) is 9.97 Å². The Hall–Kier alpha value is -3.27. The maximum absolute atomic E-state index is 14.2. The van der Waals surface area contributed by atoms with Crippen LogP contribution in [0.1, 0.15) is 56.1 Å². The van der Waals surface area contributed by atoms with E-state index in [2.05, 4.69) is 61.7 Å². The van der Waals surface area contributed by atoms with E-state index in [1.54, 1.807) is 6.92 Å². The van der Waals surface area contributed by atoms with Gasteiger partial charge < -0.3 is 4.90 Å². The molecule has 0 spiro atoms. The number of piperidine rings is 1. The summed E-state index contributed by atoms with van der Waals surface area (Å²) >= 11 is 0. The number of aryl methyl sites for hydroxylation is 1. The first-order chi connectivity index (χ1) is 15.9. The van der Waals surface area contributed by atoms with E-state index in [1.165, 1.54) is 11.1 Å². The lowest BCUT2D eigenvalue weighted by molar-refractivity contribution is 0.100. The summed E-state index contributed by atoms with van der Waals surface area (Å²) in [6, 6.07) is 18.5. The monoisotopic (exact) mass is 441 g/mol. The predicted molar refractivity (Wildman–Crippen MR) is 136 cm³/mol. The summed E-state index contributed by atoms with van der Waals surface area (Å²) in [5.41, 5.74) is 7.01. The van der Waals surface area contributed by atoms with Crippen LogP contribution < -0.4 is 0 Å². The lowest BCUT2D eigenvalue weighted by atomic mass is 9.95. The van der Waals surface area contributed by atoms with Gasteiger partial charge in [-0.2, -0.15) is 0 Å². The molecule has 0 aliphatic carbocycles. The molecule has 3 heterocycles. The molecule has 1 aliphatic rings. The van der Waals surface area contributed by atoms with Gasteiger partial charge in [0.25, 0.3) is 0 Å². The summed E-state index contributed by atoms with van der Waals surface area (Å²) in [4.78, 5) is 11.8. The molecule has 0 saturated carbocycles. The van der Waals surface area contributed by atoms with E-state index >= 15 is 0 Å². The fourth-order valence-electron chi connectivity index (χ4n) is 4.25. The summed E-state index contributed by atoms with van der Waals surface area (Å²) in [6.45, 7) is 11.5. The lowest BCUT2D eigenvalue weighted by Crippen LogP contribution is -2.38. The van der Waals surface area contributed by atoms with Crippen LogP contribution >= 0.6 is 0 Å². The Morgan fingerprint density at radius 1 is 1.12 bits per heavy atom. The van der Waals surface area contributed by atoms with Crippen molar-refractivity contribution in [1.82, 2.24) is 14.9 Å². The van der Waals surface area contributed by atoms with E-state index in [0.29, 0.717) is 25.9 Å². The molecule has 0 atom stereocenters. The van der Waals surface area contributed by atoms with Crippen molar-refractivity contribution in [1.29, 1.82) is 0 Å². The van der Waals surface area contributed by atoms with Gasteiger partial charge in [0.1, 0.15) is 5.67 Å². The van der Waals surface area contributed by atoms with Gasteiger partial charge in [-0.3, -0.25) is 4.98 Å². The fourth-order valence-corrected chi connectivity index (χ4v) is 4.25. The number of halogens is 1. The van der Waals surface area contributed by atoms with Gasteiger partial charge in [0.2, 0.25) is 0 Å². The van der Waals surface area contributed by atoms with Crippen molar-refractivity contribution < 1.29 is 4.39 Å². The zero-order valence-corrected chi connectivity index (χ0v) is 19.8. The number of hydrogen-bond donors (Lipinski definition) is 0. The second-order valence-electron chi connectivity index (χ2n) is 9.06. The van der Waals surface area contributed by atoms with Crippen LogP contribution in [-0.2, 0) is 6.42 Å². The van der Waals surface area contributed by atoms with E-state index < -0.39 is 5.67 Å². The van der Waals surface area contributed by atoms with Crippen LogP contribution in [0.3, 0.4) is 0 Å². The molecule has 2 aromatic heterocycles. The molecule has 0 unspecified atom stereocenters. The molecular weight excluding hydrogens is 409 g/mol. The smallest absolute Gasteiger partial charge is 0.111 e. The second-order valence-corrected chi connectivity index (χ2v) is 9.06. The van der Waals surface area contributed by atoms with Crippen LogP contribution in [0.25, 0.3) is 28.6 Å². The van der Waals surface area contributed by atoms with E-state index in [-0.39, 0.29) is 0 Å². The third-order valence-corrected chi connectivity index (χ3v) is 6.47. The normalized spacial score (nSPS) is 16.0. The average Bonchev–Trinajstić information content (AvgIpc) is 2.84. The predicted octanol–water partition coefficient (Wildman–Crippen LogP) is 7.06. The number of pyridine rings is 2. The average molecular weight is 442 g/mol. The first kappa shape index (κ1) is 22.9. The van der Waals surface area contributed by atoms with Gasteiger partial charge >= 0.3 is 0 Å². The molecule has 0 bridgehead atoms. The highest BCUT2D eigenvalue weighted by molar-refractivity contribution is 5.82. The topological polar surface area (TPSA) is 29.0 Å². The Labute approximate surface area is 196 Å². The number of aromatic nitrogens is 2. The van der Waals surface area contributed by atoms with E-state index in [0.717, 1.165) is 40.3 Å². The number of hydrogen-bond acceptors (Lipinski definition) is 3. The van der Waals surface area contributed by atoms with Gasteiger partial charge in [-0.25, -0.2) is 9.37 Å². The minimum Gasteiger partial charge on any atom is -0.370 e. The zero-order chi connectivity index (χ0) is 23.4. The summed E-state index contributed by atoms with van der Waals surface area (Å²) in [5, 5.41) is 0. The largest absolute Gasteiger partial charge is 0.370 e. The van der Waals surface area contributed by atoms with Gasteiger partial charge in [-0.15, -0.1) is 0 Å². The quantitative estimate of drug-likeness (QED) is 0.410. The first-order valence-corrected chi connectivity index (χ1v) is 11.7. The van der Waals surface area contributed by atoms with Crippen molar-refractivity contribution in [3.8, 4) is 11.3 Å². The van der Waals surface area contributed by atoms with Crippen LogP contribution in [0.2, 0.25) is 0 Å². The van der Waals surface area contributed by atoms with Crippen molar-refractivity contribution in [3.05, 3.63) is 89.9 Å². The van der Waals surface area contributed by atoms with Crippen molar-refractivity contribution in [2.24, 2.45) is 0 Å². The van der Waals surface area contributed by atoms with E-state index in [1.807, 2.05) is 30.5 Å². The summed E-state index contributed by atoms with van der Waals surface area (Å²) < 4.78 is 14.2. The Kier molecular flexibility index (Phi) is 6.73. The summed E-state index contributed by atoms with van der Waals surface area (Å²) in [6.07, 6.45) is 6.00. The zero-order valence-electron chi connectivity index (χ0n) is 19.8. The molecule has 0 radical (unpaired) electrons. The molecule has 3 aromatic rings. The van der Waals surface area contributed by atoms with Crippen molar-refractivity contribution >= 4 is 17.3 Å². The highest BCUT2D eigenvalue weighted by Crippen LogP contribution is 2.30. The van der Waals surface area contributed by atoms with Crippen LogP contribution in [0.5, 0.6) is 0 Å². The molecule has 1 saturated heterocycles. The van der Waals surface area contributed by atoms with Crippen LogP contribution in [-0.4, -0.2) is 33.6 Å². The number of benzene rings is 1. The third kappa shape index (κ3) is 5.39. The van der Waals surface area contributed by atoms with Gasteiger partial charge in [-0.05, 0) is 74.1 Å². The molecule has 1 aromatic carbocycles. The second kappa shape index (κ2) is 9.70. The Balaban J connectivity index is 1.62. The number of likely N-dealkylation sites (tertiary alicyclic amines) is 1. The SMILES string of the molecule is C=C(c1cccc(-c2cnc(CC)c(/C=C(\C)c3ccccc3)c2)n1)N1CCC(C)(F)CC1. The lowest BCUT2D eigenvalue weighted by Gasteiger charge is -2.36. The number of rotatable bonds is 6. The first-order valence-electron chi connectivity index (χ1n) is 11.7. The Morgan fingerprint density at radius 3 is 2.55 bits per heavy atom. The van der Waals surface area contributed by atoms with Gasteiger partial charge in [-0.1, -0.05) is 49.9 Å². The third-order valence-electron chi connectivity index (χ3n) is 6.47. The van der Waals surface area contributed by atoms with Gasteiger partial charge in [0.05, 0.1) is 17.1 Å². The molecule has 3 nitrogen and oxygen atoms in total. The molecule has 0 amide bonds. The minimum atomic E-state index is -1.08. The van der Waals surface area contributed by atoms with E-state index in [9.17, 15) is 4.39 Å². The molecule has 33 heavy (non-hydrogen) atoms. The molecule has 1 fully saturated rings. The Bertz CT molecular complexity index is 1150. The maximum Gasteiger partial charge on any atom is 0.111 e. The number of alkyl halides is 1. The number of allylic oxidation sites excluding steroid dienone is 1. The minimum absolute atomic E-state index is 0.518. The summed E-state index contributed by atoms with van der Waals surface area (Å²) in [7, 11) is 0. The maximum atomic E-state index is 14.2. The summed E-state index contributed by atoms with van der Waals surface area (Å²) in [5.74, 6) is 0. The van der Waals surface area contributed by atoms with Crippen LogP contribution in [0.4, 0.5) is 4.39 Å². The Morgan fingerprint density at radius 2 is 1.85 bits per heavy atom. The molecule has 0 N–H and O–H groups in total. The fraction of sp³-hybridized carbons (Fsp3) is 0.310. The molecule has 170 valence electrons. The van der Waals surface area contributed by atoms with Crippen LogP contribution in [0, 0.1) is 0 Å². The number of nitrogens with zero attached hydrogens (tertiary/aromatic N) is 3. The molecule has 4 rings (SSSR count). The van der Waals surface area contributed by atoms with Crippen molar-refractivity contribution in [2.45, 2.75) is 45.7 Å². The standard InChI is InChI=1S/C29H32FN3/c1-5-26-24(18-21(2)23-10-7-6-8-11-23)19-25(20-31-26)28-13-9-12-27(32-28)22(3)33-16-14-29(4,30)15-17-33/h6-13,18-20H,3,5,14-17H2,1-2,4H3/b21-18+.